The summed E-state index contributed by atoms with van der Waals surface area (Å²) in [4.78, 5) is 0. The summed E-state index contributed by atoms with van der Waals surface area (Å²) in [5.74, 6) is 1.76. The highest BCUT2D eigenvalue weighted by molar-refractivity contribution is 8.00. The van der Waals surface area contributed by atoms with Crippen molar-refractivity contribution in [1.82, 2.24) is 4.57 Å². The van der Waals surface area contributed by atoms with Crippen LogP contribution in [0.4, 0.5) is 5.69 Å². The molecule has 122 valence electrons. The van der Waals surface area contributed by atoms with Crippen LogP contribution in [0.1, 0.15) is 12.5 Å². The Morgan fingerprint density at radius 2 is 1.96 bits per heavy atom. The highest BCUT2D eigenvalue weighted by Gasteiger charge is 2.17. The number of ether oxygens (including phenoxy) is 1. The molecule has 4 nitrogen and oxygen atoms in total. The number of nitrogens with zero attached hydrogens (tertiary/aromatic N) is 2. The summed E-state index contributed by atoms with van der Waals surface area (Å²) in [5, 5.41) is 10.6. The van der Waals surface area contributed by atoms with Gasteiger partial charge in [-0.3, -0.25) is 0 Å². The normalized spacial score (nSPS) is 10.6. The molecular weight excluding hydrogens is 318 g/mol. The summed E-state index contributed by atoms with van der Waals surface area (Å²) in [7, 11) is 3.63. The van der Waals surface area contributed by atoms with Crippen molar-refractivity contribution in [3.8, 4) is 23.1 Å². The van der Waals surface area contributed by atoms with Gasteiger partial charge >= 0.3 is 0 Å². The molecule has 0 saturated heterocycles. The van der Waals surface area contributed by atoms with Crippen molar-refractivity contribution in [2.45, 2.75) is 6.92 Å². The Morgan fingerprint density at radius 3 is 2.58 bits per heavy atom. The van der Waals surface area contributed by atoms with Crippen LogP contribution in [-0.2, 0) is 7.05 Å². The first-order chi connectivity index (χ1) is 11.7. The summed E-state index contributed by atoms with van der Waals surface area (Å²) in [5.41, 5.74) is 4.71. The molecule has 1 aromatic heterocycles. The number of methoxy groups -OCH3 is 1. The first kappa shape index (κ1) is 16.3. The lowest BCUT2D eigenvalue weighted by atomic mass is 10.1. The van der Waals surface area contributed by atoms with Crippen LogP contribution in [0.5, 0.6) is 5.75 Å². The minimum Gasteiger partial charge on any atom is -0.497 e. The Morgan fingerprint density at radius 1 is 1.21 bits per heavy atom. The molecule has 24 heavy (non-hydrogen) atoms. The maximum absolute atomic E-state index is 9.71. The Hall–Kier alpha value is -2.58. The number of benzene rings is 2. The molecule has 0 unspecified atom stereocenters. The largest absolute Gasteiger partial charge is 0.497 e. The van der Waals surface area contributed by atoms with Gasteiger partial charge < -0.3 is 14.0 Å². The first-order valence-electron chi connectivity index (χ1n) is 7.74. The SMILES string of the molecule is CCSNc1ccc(-c2c(C#N)c3cc(OC)ccc3n2C)cc1. The molecule has 0 spiro atoms. The van der Waals surface area contributed by atoms with Gasteiger partial charge in [0.25, 0.3) is 0 Å². The van der Waals surface area contributed by atoms with Crippen molar-refractivity contribution in [1.29, 1.82) is 5.26 Å². The molecule has 1 N–H and O–H groups in total. The molecule has 0 aliphatic rings. The van der Waals surface area contributed by atoms with E-state index in [-0.39, 0.29) is 0 Å². The fraction of sp³-hybridized carbons (Fsp3) is 0.211. The number of aryl methyl sites for hydroxylation is 1. The lowest BCUT2D eigenvalue weighted by Crippen LogP contribution is -1.93. The van der Waals surface area contributed by atoms with Gasteiger partial charge in [-0.1, -0.05) is 31.0 Å². The molecule has 0 fully saturated rings. The van der Waals surface area contributed by atoms with Crippen LogP contribution in [0.2, 0.25) is 0 Å². The molecule has 0 aliphatic heterocycles. The standard InChI is InChI=1S/C19H19N3OS/c1-4-24-21-14-7-5-13(6-8-14)19-17(12-20)16-11-15(23-3)9-10-18(16)22(19)2/h5-11,21H,4H2,1-3H3. The Labute approximate surface area is 146 Å². The van der Waals surface area contributed by atoms with E-state index in [1.165, 1.54) is 0 Å². The van der Waals surface area contributed by atoms with Crippen molar-refractivity contribution in [2.75, 3.05) is 17.6 Å². The van der Waals surface area contributed by atoms with E-state index in [9.17, 15) is 5.26 Å². The zero-order valence-corrected chi connectivity index (χ0v) is 14.8. The van der Waals surface area contributed by atoms with E-state index >= 15 is 0 Å². The van der Waals surface area contributed by atoms with Crippen molar-refractivity contribution in [3.63, 3.8) is 0 Å². The van der Waals surface area contributed by atoms with E-state index in [1.807, 2.05) is 49.5 Å². The highest BCUT2D eigenvalue weighted by Crippen LogP contribution is 2.35. The van der Waals surface area contributed by atoms with Gasteiger partial charge in [-0.15, -0.1) is 0 Å². The lowest BCUT2D eigenvalue weighted by molar-refractivity contribution is 0.415. The summed E-state index contributed by atoms with van der Waals surface area (Å²) < 4.78 is 10.7. The molecule has 1 heterocycles. The first-order valence-corrected chi connectivity index (χ1v) is 8.73. The number of hydrogen-bond donors (Lipinski definition) is 1. The van der Waals surface area contributed by atoms with Gasteiger partial charge in [0.15, 0.2) is 0 Å². The van der Waals surface area contributed by atoms with Crippen LogP contribution in [0.15, 0.2) is 42.5 Å². The monoisotopic (exact) mass is 337 g/mol. The minimum absolute atomic E-state index is 0.676. The molecule has 0 atom stereocenters. The van der Waals surface area contributed by atoms with Crippen LogP contribution in [0.3, 0.4) is 0 Å². The molecule has 0 aliphatic carbocycles. The second-order valence-corrected chi connectivity index (χ2v) is 6.46. The van der Waals surface area contributed by atoms with E-state index in [2.05, 4.69) is 22.3 Å². The number of hydrogen-bond acceptors (Lipinski definition) is 4. The molecule has 0 saturated carbocycles. The van der Waals surface area contributed by atoms with Crippen LogP contribution >= 0.6 is 11.9 Å². The third kappa shape index (κ3) is 2.81. The fourth-order valence-corrected chi connectivity index (χ4v) is 3.30. The van der Waals surface area contributed by atoms with E-state index in [4.69, 9.17) is 4.74 Å². The Kier molecular flexibility index (Phi) is 4.68. The molecule has 0 bridgehead atoms. The summed E-state index contributed by atoms with van der Waals surface area (Å²) in [6.45, 7) is 2.11. The van der Waals surface area contributed by atoms with Crippen LogP contribution in [0, 0.1) is 11.3 Å². The molecule has 5 heteroatoms. The predicted molar refractivity (Wildman–Crippen MR) is 101 cm³/mol. The van der Waals surface area contributed by atoms with Crippen LogP contribution in [0.25, 0.3) is 22.2 Å². The van der Waals surface area contributed by atoms with Crippen LogP contribution in [-0.4, -0.2) is 17.4 Å². The van der Waals surface area contributed by atoms with E-state index in [0.717, 1.165) is 39.4 Å². The second-order valence-electron chi connectivity index (χ2n) is 5.39. The van der Waals surface area contributed by atoms with Gasteiger partial charge in [0, 0.05) is 29.4 Å². The van der Waals surface area contributed by atoms with Gasteiger partial charge in [-0.2, -0.15) is 5.26 Å². The molecule has 2 aromatic carbocycles. The van der Waals surface area contributed by atoms with E-state index in [0.29, 0.717) is 5.56 Å². The lowest BCUT2D eigenvalue weighted by Gasteiger charge is -2.08. The van der Waals surface area contributed by atoms with Gasteiger partial charge in [-0.05, 0) is 35.9 Å². The summed E-state index contributed by atoms with van der Waals surface area (Å²) >= 11 is 1.66. The Bertz CT molecular complexity index is 907. The second kappa shape index (κ2) is 6.90. The summed E-state index contributed by atoms with van der Waals surface area (Å²) in [6, 6.07) is 16.4. The number of rotatable bonds is 5. The number of anilines is 1. The van der Waals surface area contributed by atoms with Gasteiger partial charge in [0.05, 0.1) is 18.4 Å². The van der Waals surface area contributed by atoms with Gasteiger partial charge in [0.1, 0.15) is 11.8 Å². The zero-order valence-electron chi connectivity index (χ0n) is 14.0. The van der Waals surface area contributed by atoms with E-state index < -0.39 is 0 Å². The minimum atomic E-state index is 0.676. The van der Waals surface area contributed by atoms with Gasteiger partial charge in [-0.25, -0.2) is 0 Å². The van der Waals surface area contributed by atoms with Crippen molar-refractivity contribution in [2.24, 2.45) is 7.05 Å². The van der Waals surface area contributed by atoms with E-state index in [1.54, 1.807) is 19.1 Å². The third-order valence-electron chi connectivity index (χ3n) is 4.01. The number of aromatic nitrogens is 1. The molecular formula is C19H19N3OS. The number of nitrogens with one attached hydrogen (secondary N) is 1. The molecule has 3 aromatic rings. The fourth-order valence-electron chi connectivity index (χ4n) is 2.85. The topological polar surface area (TPSA) is 50.0 Å². The smallest absolute Gasteiger partial charge is 0.119 e. The van der Waals surface area contributed by atoms with Crippen molar-refractivity contribution in [3.05, 3.63) is 48.0 Å². The Balaban J connectivity index is 2.12. The average Bonchev–Trinajstić information content (AvgIpc) is 2.91. The number of nitriles is 1. The predicted octanol–water partition coefficient (Wildman–Crippen LogP) is 4.81. The molecule has 0 amide bonds. The van der Waals surface area contributed by atoms with Crippen molar-refractivity contribution >= 4 is 28.5 Å². The third-order valence-corrected chi connectivity index (χ3v) is 4.68. The van der Waals surface area contributed by atoms with Crippen molar-refractivity contribution < 1.29 is 4.74 Å². The highest BCUT2D eigenvalue weighted by atomic mass is 32.2. The zero-order chi connectivity index (χ0) is 17.1. The maximum Gasteiger partial charge on any atom is 0.119 e. The quantitative estimate of drug-likeness (QED) is 0.679. The summed E-state index contributed by atoms with van der Waals surface area (Å²) in [6.07, 6.45) is 0. The average molecular weight is 337 g/mol. The molecule has 0 radical (unpaired) electrons. The number of fused-ring (bicyclic) bond motifs is 1. The molecule has 3 rings (SSSR count). The maximum atomic E-state index is 9.71. The van der Waals surface area contributed by atoms with Gasteiger partial charge in [0.2, 0.25) is 0 Å². The van der Waals surface area contributed by atoms with Crippen LogP contribution < -0.4 is 9.46 Å².